The van der Waals surface area contributed by atoms with Crippen LogP contribution in [0.3, 0.4) is 0 Å². The molecule has 3 aromatic carbocycles. The number of hydrogen-bond acceptors (Lipinski definition) is 5. The van der Waals surface area contributed by atoms with E-state index in [1.54, 1.807) is 7.11 Å². The number of hydrogen-bond donors (Lipinski definition) is 3. The Kier molecular flexibility index (Phi) is 10.8. The lowest BCUT2D eigenvalue weighted by Crippen LogP contribution is -2.67. The first-order valence-electron chi connectivity index (χ1n) is 14.4. The maximum Gasteiger partial charge on any atom is 0.408 e. The van der Waals surface area contributed by atoms with Gasteiger partial charge < -0.3 is 19.4 Å². The quantitative estimate of drug-likeness (QED) is 0.207. The summed E-state index contributed by atoms with van der Waals surface area (Å²) in [4.78, 5) is 13.8. The molecule has 3 aromatic rings. The topological polar surface area (TPSA) is 120 Å². The Labute approximate surface area is 257 Å². The fourth-order valence-electron chi connectivity index (χ4n) is 6.35. The maximum atomic E-state index is 12.6. The van der Waals surface area contributed by atoms with E-state index in [4.69, 9.17) is 9.16 Å². The van der Waals surface area contributed by atoms with E-state index in [0.717, 1.165) is 15.9 Å². The van der Waals surface area contributed by atoms with Crippen LogP contribution in [-0.4, -0.2) is 87.6 Å². The van der Waals surface area contributed by atoms with Crippen molar-refractivity contribution in [1.82, 2.24) is 9.21 Å². The van der Waals surface area contributed by atoms with Gasteiger partial charge in [0, 0.05) is 12.6 Å². The molecule has 43 heavy (non-hydrogen) atoms. The summed E-state index contributed by atoms with van der Waals surface area (Å²) < 4.78 is 36.6. The third-order valence-electron chi connectivity index (χ3n) is 8.38. The van der Waals surface area contributed by atoms with Crippen molar-refractivity contribution in [2.45, 2.75) is 56.8 Å². The molecule has 1 unspecified atom stereocenters. The van der Waals surface area contributed by atoms with Crippen LogP contribution in [0.15, 0.2) is 84.9 Å². The van der Waals surface area contributed by atoms with Gasteiger partial charge in [-0.15, -0.1) is 0 Å². The zero-order valence-corrected chi connectivity index (χ0v) is 26.9. The van der Waals surface area contributed by atoms with Gasteiger partial charge in [-0.05, 0) is 45.9 Å². The highest BCUT2D eigenvalue weighted by Gasteiger charge is 2.53. The monoisotopic (exact) mass is 626 g/mol. The number of likely N-dealkylation sites (tertiary alicyclic amines) is 1. The Bertz CT molecular complexity index is 1320. The molecule has 1 heterocycles. The molecule has 4 atom stereocenters. The van der Waals surface area contributed by atoms with Crippen LogP contribution in [-0.2, 0) is 22.1 Å². The number of methoxy groups -OCH3 is 1. The summed E-state index contributed by atoms with van der Waals surface area (Å²) in [5, 5.41) is 22.5. The number of ether oxygens (including phenoxy) is 1. The van der Waals surface area contributed by atoms with E-state index in [9.17, 15) is 23.8 Å². The van der Waals surface area contributed by atoms with Gasteiger partial charge in [-0.1, -0.05) is 93.6 Å². The van der Waals surface area contributed by atoms with Gasteiger partial charge in [0.2, 0.25) is 11.3 Å². The van der Waals surface area contributed by atoms with E-state index >= 15 is 0 Å². The number of rotatable bonds is 12. The summed E-state index contributed by atoms with van der Waals surface area (Å²) in [7, 11) is -1.38. The summed E-state index contributed by atoms with van der Waals surface area (Å²) in [5.74, 6) is 0.711. The first kappa shape index (κ1) is 32.8. The predicted molar refractivity (Wildman–Crippen MR) is 171 cm³/mol. The molecule has 0 aromatic heterocycles. The number of aliphatic hydroxyl groups excluding tert-OH is 1. The lowest BCUT2D eigenvalue weighted by atomic mass is 10.1. The molecule has 0 spiro atoms. The predicted octanol–water partition coefficient (Wildman–Crippen LogP) is 3.73. The van der Waals surface area contributed by atoms with Crippen molar-refractivity contribution in [3.05, 3.63) is 90.5 Å². The average Bonchev–Trinajstić information content (AvgIpc) is 3.36. The highest BCUT2D eigenvalue weighted by Crippen LogP contribution is 2.38. The fraction of sp³-hybridized carbons (Fsp3) is 0.406. The number of carbonyl (C=O) groups is 1. The zero-order chi connectivity index (χ0) is 31.2. The van der Waals surface area contributed by atoms with E-state index in [0.29, 0.717) is 12.2 Å². The summed E-state index contributed by atoms with van der Waals surface area (Å²) in [6.45, 7) is 6.25. The molecule has 9 nitrogen and oxygen atoms in total. The molecular weight excluding hydrogens is 585 g/mol. The van der Waals surface area contributed by atoms with Gasteiger partial charge in [-0.3, -0.25) is 9.45 Å². The van der Waals surface area contributed by atoms with Crippen LogP contribution in [0.5, 0.6) is 5.75 Å². The maximum absolute atomic E-state index is 12.6. The number of amides is 1. The number of nitrogens with zero attached hydrogens (tertiary/aromatic N) is 2. The highest BCUT2D eigenvalue weighted by molar-refractivity contribution is 7.76. The van der Waals surface area contributed by atoms with Crippen molar-refractivity contribution >= 4 is 36.1 Å². The summed E-state index contributed by atoms with van der Waals surface area (Å²) >= 11 is -2.39. The van der Waals surface area contributed by atoms with E-state index < -0.39 is 50.4 Å². The minimum absolute atomic E-state index is 0.0803. The SMILES string of the molecule is COc1ccc(CCN([C@H]2C[C@@H](CO[Si](c3ccccc3)(c3ccccc3)C(C)(C)C)N(C(=O)O)[C@H]2CO)S(=O)O)cc1. The second-order valence-electron chi connectivity index (χ2n) is 11.8. The molecule has 1 aliphatic heterocycles. The van der Waals surface area contributed by atoms with Gasteiger partial charge in [0.1, 0.15) is 5.75 Å². The third-order valence-corrected chi connectivity index (χ3v) is 14.2. The number of benzene rings is 3. The molecule has 0 saturated carbocycles. The second-order valence-corrected chi connectivity index (χ2v) is 17.1. The van der Waals surface area contributed by atoms with E-state index in [1.165, 1.54) is 9.21 Å². The fourth-order valence-corrected chi connectivity index (χ4v) is 11.6. The standard InChI is InChI=1S/C32H42N2O7SSi/c1-32(2,3)43(27-11-7-5-8-12-27,28-13-9-6-10-14-28)41-23-25-21-29(30(22-35)34(25)31(36)37)33(42(38)39)20-19-24-15-17-26(40-4)18-16-24/h5-18,25,29-30,35H,19-23H2,1-4H3,(H,36,37)(H,38,39)/t25-,29-,30-/m0/s1. The largest absolute Gasteiger partial charge is 0.497 e. The normalized spacial score (nSPS) is 19.9. The van der Waals surface area contributed by atoms with Gasteiger partial charge >= 0.3 is 6.09 Å². The molecule has 3 N–H and O–H groups in total. The van der Waals surface area contributed by atoms with Crippen molar-refractivity contribution in [2.24, 2.45) is 0 Å². The number of carboxylic acid groups (broad SMARTS) is 1. The molecule has 4 rings (SSSR count). The smallest absolute Gasteiger partial charge is 0.408 e. The van der Waals surface area contributed by atoms with Gasteiger partial charge in [0.15, 0.2) is 0 Å². The van der Waals surface area contributed by atoms with Crippen LogP contribution in [0.25, 0.3) is 0 Å². The van der Waals surface area contributed by atoms with Crippen molar-refractivity contribution in [3.8, 4) is 5.75 Å². The van der Waals surface area contributed by atoms with Gasteiger partial charge in [0.25, 0.3) is 8.32 Å². The summed E-state index contributed by atoms with van der Waals surface area (Å²) in [6, 6.07) is 25.4. The van der Waals surface area contributed by atoms with E-state index in [-0.39, 0.29) is 24.6 Å². The van der Waals surface area contributed by atoms with Gasteiger partial charge in [-0.25, -0.2) is 9.00 Å². The molecule has 1 fully saturated rings. The molecular formula is C32H42N2O7SSi. The minimum atomic E-state index is -2.97. The molecule has 1 aliphatic rings. The van der Waals surface area contributed by atoms with Gasteiger partial charge in [-0.2, -0.15) is 4.31 Å². The van der Waals surface area contributed by atoms with E-state index in [2.05, 4.69) is 45.0 Å². The Morgan fingerprint density at radius 2 is 1.56 bits per heavy atom. The lowest BCUT2D eigenvalue weighted by molar-refractivity contribution is 0.0754. The Morgan fingerprint density at radius 1 is 1.00 bits per heavy atom. The average molecular weight is 627 g/mol. The van der Waals surface area contributed by atoms with E-state index in [1.807, 2.05) is 60.7 Å². The molecule has 232 valence electrons. The number of aliphatic hydroxyl groups is 1. The van der Waals surface area contributed by atoms with Crippen LogP contribution >= 0.6 is 0 Å². The molecule has 1 saturated heterocycles. The van der Waals surface area contributed by atoms with Crippen LogP contribution in [0.4, 0.5) is 4.79 Å². The molecule has 0 radical (unpaired) electrons. The molecule has 1 amide bonds. The summed E-state index contributed by atoms with van der Waals surface area (Å²) in [5.41, 5.74) is 0.941. The van der Waals surface area contributed by atoms with Crippen molar-refractivity contribution < 1.29 is 32.9 Å². The molecule has 11 heteroatoms. The van der Waals surface area contributed by atoms with Crippen molar-refractivity contribution in [1.29, 1.82) is 0 Å². The third kappa shape index (κ3) is 7.03. The lowest BCUT2D eigenvalue weighted by Gasteiger charge is -2.44. The van der Waals surface area contributed by atoms with Crippen molar-refractivity contribution in [2.75, 3.05) is 26.9 Å². The molecule has 0 bridgehead atoms. The van der Waals surface area contributed by atoms with Gasteiger partial charge in [0.05, 0.1) is 32.4 Å². The Balaban J connectivity index is 1.65. The Hall–Kier alpha value is -3.06. The molecule has 0 aliphatic carbocycles. The highest BCUT2D eigenvalue weighted by atomic mass is 32.2. The summed E-state index contributed by atoms with van der Waals surface area (Å²) in [6.07, 6.45) is -0.497. The minimum Gasteiger partial charge on any atom is -0.497 e. The first-order chi connectivity index (χ1) is 20.5. The van der Waals surface area contributed by atoms with Crippen LogP contribution in [0.1, 0.15) is 32.8 Å². The van der Waals surface area contributed by atoms with Crippen molar-refractivity contribution in [3.63, 3.8) is 0 Å². The second kappa shape index (κ2) is 14.1. The van der Waals surface area contributed by atoms with Crippen LogP contribution < -0.4 is 15.1 Å². The van der Waals surface area contributed by atoms with Crippen LogP contribution in [0.2, 0.25) is 5.04 Å². The van der Waals surface area contributed by atoms with Crippen LogP contribution in [0, 0.1) is 0 Å². The first-order valence-corrected chi connectivity index (χ1v) is 17.4. The zero-order valence-electron chi connectivity index (χ0n) is 25.1. The Morgan fingerprint density at radius 3 is 2.00 bits per heavy atom.